The maximum atomic E-state index is 9.32. The molecule has 118 valence electrons. The van der Waals surface area contributed by atoms with Gasteiger partial charge in [-0.25, -0.2) is 0 Å². The lowest BCUT2D eigenvalue weighted by Gasteiger charge is -2.31. The van der Waals surface area contributed by atoms with E-state index in [0.717, 1.165) is 22.1 Å². The Balaban J connectivity index is 2.04. The average molecular weight is 367 g/mol. The molecular weight excluding hydrogens is 348 g/mol. The monoisotopic (exact) mass is 366 g/mol. The number of fused-ring (bicyclic) bond motifs is 1. The van der Waals surface area contributed by atoms with Crippen LogP contribution in [0, 0.1) is 0 Å². The lowest BCUT2D eigenvalue weighted by Crippen LogP contribution is -2.36. The van der Waals surface area contributed by atoms with Gasteiger partial charge in [-0.3, -0.25) is 0 Å². The number of benzene rings is 2. The van der Waals surface area contributed by atoms with Crippen LogP contribution in [0.5, 0.6) is 5.75 Å². The van der Waals surface area contributed by atoms with Gasteiger partial charge in [0.2, 0.25) is 5.79 Å². The smallest absolute Gasteiger partial charge is 0.208 e. The molecule has 0 bridgehead atoms. The molecule has 1 fully saturated rings. The van der Waals surface area contributed by atoms with E-state index in [1.54, 1.807) is 7.11 Å². The van der Waals surface area contributed by atoms with E-state index >= 15 is 0 Å². The van der Waals surface area contributed by atoms with Crippen molar-refractivity contribution in [3.8, 4) is 5.75 Å². The molecule has 0 saturated carbocycles. The van der Waals surface area contributed by atoms with Gasteiger partial charge in [0.15, 0.2) is 0 Å². The molecule has 1 N–H and O–H groups in total. The second kappa shape index (κ2) is 6.16. The molecule has 0 aliphatic carbocycles. The van der Waals surface area contributed by atoms with Crippen molar-refractivity contribution < 1.29 is 19.3 Å². The first-order valence-electron chi connectivity index (χ1n) is 7.24. The van der Waals surface area contributed by atoms with Crippen molar-refractivity contribution in [2.75, 3.05) is 20.3 Å². The van der Waals surface area contributed by atoms with E-state index in [2.05, 4.69) is 22.0 Å². The lowest BCUT2D eigenvalue weighted by molar-refractivity contribution is -0.176. The minimum Gasteiger partial charge on any atom is -0.497 e. The van der Waals surface area contributed by atoms with Gasteiger partial charge in [-0.2, -0.15) is 0 Å². The van der Waals surface area contributed by atoms with Gasteiger partial charge in [0.05, 0.1) is 25.2 Å². The van der Waals surface area contributed by atoms with Gasteiger partial charge in [-0.05, 0) is 35.9 Å². The topological polar surface area (TPSA) is 47.9 Å². The molecule has 3 unspecified atom stereocenters. The molecule has 4 nitrogen and oxygen atoms in total. The Labute approximate surface area is 138 Å². The molecule has 0 amide bonds. The Bertz CT molecular complexity index is 673. The molecule has 0 aromatic heterocycles. The maximum absolute atomic E-state index is 9.32. The van der Waals surface area contributed by atoms with Gasteiger partial charge < -0.3 is 19.3 Å². The zero-order valence-corrected chi connectivity index (χ0v) is 14.2. The second-order valence-corrected chi connectivity index (χ2v) is 6.82. The Kier molecular flexibility index (Phi) is 4.41. The molecule has 1 saturated heterocycles. The van der Waals surface area contributed by atoms with Crippen molar-refractivity contribution in [2.45, 2.75) is 23.6 Å². The summed E-state index contributed by atoms with van der Waals surface area (Å²) in [5, 5.41) is 11.5. The average Bonchev–Trinajstić information content (AvgIpc) is 2.99. The van der Waals surface area contributed by atoms with E-state index in [4.69, 9.17) is 14.2 Å². The fourth-order valence-corrected chi connectivity index (χ4v) is 3.28. The molecule has 0 spiro atoms. The fraction of sp³-hybridized carbons (Fsp3) is 0.412. The van der Waals surface area contributed by atoms with Crippen molar-refractivity contribution in [1.29, 1.82) is 0 Å². The fourth-order valence-electron chi connectivity index (χ4n) is 2.78. The molecule has 3 atom stereocenters. The third-order valence-electron chi connectivity index (χ3n) is 4.00. The largest absolute Gasteiger partial charge is 0.497 e. The Morgan fingerprint density at radius 1 is 1.32 bits per heavy atom. The van der Waals surface area contributed by atoms with E-state index in [1.807, 2.05) is 37.3 Å². The molecule has 3 rings (SSSR count). The lowest BCUT2D eigenvalue weighted by atomic mass is 9.99. The van der Waals surface area contributed by atoms with Crippen LogP contribution in [-0.2, 0) is 15.3 Å². The number of halogens is 1. The molecule has 5 heteroatoms. The molecule has 1 heterocycles. The highest BCUT2D eigenvalue weighted by molar-refractivity contribution is 9.09. The van der Waals surface area contributed by atoms with Gasteiger partial charge in [-0.15, -0.1) is 0 Å². The summed E-state index contributed by atoms with van der Waals surface area (Å²) in [5.41, 5.74) is 0.936. The Morgan fingerprint density at radius 2 is 2.05 bits per heavy atom. The molecule has 2 aromatic carbocycles. The number of ether oxygens (including phenoxy) is 3. The summed E-state index contributed by atoms with van der Waals surface area (Å²) < 4.78 is 17.2. The number of hydrogen-bond donors (Lipinski definition) is 1. The van der Waals surface area contributed by atoms with Gasteiger partial charge in [0.25, 0.3) is 0 Å². The van der Waals surface area contributed by atoms with Gasteiger partial charge in [0, 0.05) is 5.56 Å². The summed E-state index contributed by atoms with van der Waals surface area (Å²) in [4.78, 5) is -0.0488. The summed E-state index contributed by atoms with van der Waals surface area (Å²) in [6.45, 7) is 2.32. The Hall–Kier alpha value is -1.14. The van der Waals surface area contributed by atoms with Crippen molar-refractivity contribution >= 4 is 26.7 Å². The highest BCUT2D eigenvalue weighted by Crippen LogP contribution is 2.41. The van der Waals surface area contributed by atoms with Gasteiger partial charge >= 0.3 is 0 Å². The van der Waals surface area contributed by atoms with Crippen molar-refractivity contribution in [3.05, 3.63) is 42.0 Å². The predicted molar refractivity (Wildman–Crippen MR) is 88.5 cm³/mol. The highest BCUT2D eigenvalue weighted by Gasteiger charge is 2.46. The number of methoxy groups -OCH3 is 1. The first-order chi connectivity index (χ1) is 10.6. The number of alkyl halides is 1. The summed E-state index contributed by atoms with van der Waals surface area (Å²) >= 11 is 3.59. The first kappa shape index (κ1) is 15.7. The summed E-state index contributed by atoms with van der Waals surface area (Å²) in [5.74, 6) is -0.0424. The highest BCUT2D eigenvalue weighted by atomic mass is 79.9. The third-order valence-corrected chi connectivity index (χ3v) is 4.61. The molecule has 2 aromatic rings. The molecular formula is C17H19BrO4. The normalized spacial score (nSPS) is 26.3. The number of aliphatic hydroxyl groups is 1. The van der Waals surface area contributed by atoms with Crippen LogP contribution in [-0.4, -0.2) is 36.4 Å². The quantitative estimate of drug-likeness (QED) is 0.844. The second-order valence-electron chi connectivity index (χ2n) is 5.44. The minimum absolute atomic E-state index is 0.0488. The zero-order valence-electron chi connectivity index (χ0n) is 12.6. The van der Waals surface area contributed by atoms with Gasteiger partial charge in [-0.1, -0.05) is 34.1 Å². The SMILES string of the molecule is COc1ccc2cc(C3(C(C)Br)OCC(CO)O3)ccc2c1. The van der Waals surface area contributed by atoms with E-state index < -0.39 is 5.79 Å². The standard InChI is InChI=1S/C17H19BrO4/c1-11(18)17(21-10-16(9-19)22-17)14-5-3-13-8-15(20-2)6-4-12(13)7-14/h3-8,11,16,19H,9-10H2,1-2H3. The third kappa shape index (κ3) is 2.63. The minimum atomic E-state index is -0.873. The van der Waals surface area contributed by atoms with E-state index in [0.29, 0.717) is 6.61 Å². The van der Waals surface area contributed by atoms with E-state index in [-0.39, 0.29) is 17.5 Å². The maximum Gasteiger partial charge on any atom is 0.208 e. The van der Waals surface area contributed by atoms with E-state index in [1.165, 1.54) is 0 Å². The number of rotatable bonds is 4. The summed E-state index contributed by atoms with van der Waals surface area (Å²) in [7, 11) is 1.66. The first-order valence-corrected chi connectivity index (χ1v) is 8.15. The van der Waals surface area contributed by atoms with Crippen molar-refractivity contribution in [3.63, 3.8) is 0 Å². The van der Waals surface area contributed by atoms with Crippen LogP contribution in [0.4, 0.5) is 0 Å². The van der Waals surface area contributed by atoms with E-state index in [9.17, 15) is 5.11 Å². The van der Waals surface area contributed by atoms with Crippen LogP contribution in [0.2, 0.25) is 0 Å². The van der Waals surface area contributed by atoms with Gasteiger partial charge in [0.1, 0.15) is 11.9 Å². The number of hydrogen-bond acceptors (Lipinski definition) is 4. The molecule has 22 heavy (non-hydrogen) atoms. The van der Waals surface area contributed by atoms with Crippen molar-refractivity contribution in [2.24, 2.45) is 0 Å². The van der Waals surface area contributed by atoms with Crippen LogP contribution in [0.25, 0.3) is 10.8 Å². The van der Waals surface area contributed by atoms with Crippen LogP contribution in [0.15, 0.2) is 36.4 Å². The van der Waals surface area contributed by atoms with Crippen LogP contribution in [0.1, 0.15) is 12.5 Å². The van der Waals surface area contributed by atoms with Crippen LogP contribution >= 0.6 is 15.9 Å². The molecule has 1 aliphatic heterocycles. The van der Waals surface area contributed by atoms with Crippen molar-refractivity contribution in [1.82, 2.24) is 0 Å². The van der Waals surface area contributed by atoms with Crippen LogP contribution in [0.3, 0.4) is 0 Å². The zero-order chi connectivity index (χ0) is 15.7. The molecule has 0 radical (unpaired) electrons. The predicted octanol–water partition coefficient (Wildman–Crippen LogP) is 3.19. The Morgan fingerprint density at radius 3 is 2.68 bits per heavy atom. The summed E-state index contributed by atoms with van der Waals surface area (Å²) in [6.07, 6.45) is -0.299. The molecule has 1 aliphatic rings. The number of aliphatic hydroxyl groups excluding tert-OH is 1. The van der Waals surface area contributed by atoms with Crippen LogP contribution < -0.4 is 4.74 Å². The summed E-state index contributed by atoms with van der Waals surface area (Å²) in [6, 6.07) is 12.0.